The molecule has 8 heteroatoms. The second-order valence-corrected chi connectivity index (χ2v) is 7.40. The molecule has 0 radical (unpaired) electrons. The molecule has 29 heavy (non-hydrogen) atoms. The normalized spacial score (nSPS) is 16.9. The molecule has 0 aromatic heterocycles. The van der Waals surface area contributed by atoms with Gasteiger partial charge in [-0.3, -0.25) is 20.2 Å². The molecule has 2 N–H and O–H groups in total. The van der Waals surface area contributed by atoms with Gasteiger partial charge in [-0.15, -0.1) is 0 Å². The maximum absolute atomic E-state index is 12.9. The average Bonchev–Trinajstić information content (AvgIpc) is 2.71. The number of halogens is 2. The second kappa shape index (κ2) is 10.9. The molecule has 0 aliphatic carbocycles. The van der Waals surface area contributed by atoms with Crippen LogP contribution in [0.4, 0.5) is 13.6 Å². The number of carbonyl (C=O) groups excluding carboxylic acids is 3. The van der Waals surface area contributed by atoms with E-state index in [9.17, 15) is 23.2 Å². The first kappa shape index (κ1) is 22.8. The number of unbranched alkanes of at least 4 members (excludes halogenated alkanes) is 4. The van der Waals surface area contributed by atoms with Crippen molar-refractivity contribution in [3.63, 3.8) is 0 Å². The number of ether oxygens (including phenoxy) is 1. The monoisotopic (exact) mass is 410 g/mol. The third kappa shape index (κ3) is 6.24. The van der Waals surface area contributed by atoms with Gasteiger partial charge in [0.15, 0.2) is 0 Å². The molecule has 0 spiro atoms. The first-order chi connectivity index (χ1) is 13.9. The third-order valence-corrected chi connectivity index (χ3v) is 5.28. The molecular weight excluding hydrogens is 382 g/mol. The molecule has 2 rings (SSSR count). The number of imide groups is 2. The second-order valence-electron chi connectivity index (χ2n) is 7.40. The molecule has 1 aliphatic heterocycles. The number of nitrogens with one attached hydrogen (secondary N) is 2. The van der Waals surface area contributed by atoms with Crippen molar-refractivity contribution in [2.45, 2.75) is 57.5 Å². The van der Waals surface area contributed by atoms with Crippen LogP contribution >= 0.6 is 0 Å². The maximum atomic E-state index is 12.9. The molecule has 1 fully saturated rings. The van der Waals surface area contributed by atoms with Crippen molar-refractivity contribution in [2.75, 3.05) is 13.8 Å². The highest BCUT2D eigenvalue weighted by Gasteiger charge is 2.49. The van der Waals surface area contributed by atoms with Gasteiger partial charge < -0.3 is 4.74 Å². The van der Waals surface area contributed by atoms with Crippen LogP contribution in [0.25, 0.3) is 0 Å². The van der Waals surface area contributed by atoms with Gasteiger partial charge in [-0.25, -0.2) is 13.6 Å². The number of methoxy groups -OCH3 is 1. The summed E-state index contributed by atoms with van der Waals surface area (Å²) in [5, 5.41) is 4.42. The van der Waals surface area contributed by atoms with Crippen LogP contribution in [0.15, 0.2) is 24.3 Å². The molecule has 1 aromatic carbocycles. The molecular formula is C21H28F2N2O4. The molecule has 1 aliphatic rings. The van der Waals surface area contributed by atoms with E-state index in [0.717, 1.165) is 24.8 Å². The molecule has 1 unspecified atom stereocenters. The predicted molar refractivity (Wildman–Crippen MR) is 104 cm³/mol. The van der Waals surface area contributed by atoms with E-state index in [4.69, 9.17) is 4.74 Å². The van der Waals surface area contributed by atoms with E-state index in [-0.39, 0.29) is 12.8 Å². The highest BCUT2D eigenvalue weighted by molar-refractivity contribution is 6.19. The molecule has 6 nitrogen and oxygen atoms in total. The fourth-order valence-electron chi connectivity index (χ4n) is 3.55. The third-order valence-electron chi connectivity index (χ3n) is 5.28. The van der Waals surface area contributed by atoms with Crippen LogP contribution in [0, 0.1) is 5.41 Å². The molecule has 1 aromatic rings. The zero-order chi connectivity index (χ0) is 21.3. The Kier molecular flexibility index (Phi) is 8.54. The molecule has 1 saturated heterocycles. The van der Waals surface area contributed by atoms with Crippen molar-refractivity contribution >= 4 is 17.8 Å². The highest BCUT2D eigenvalue weighted by atomic mass is 19.2. The molecule has 4 amide bonds. The Balaban J connectivity index is 1.97. The van der Waals surface area contributed by atoms with Crippen LogP contribution in [-0.4, -0.2) is 37.8 Å². The van der Waals surface area contributed by atoms with Gasteiger partial charge in [-0.1, -0.05) is 44.2 Å². The summed E-state index contributed by atoms with van der Waals surface area (Å²) in [6.45, 7) is -0.948. The quantitative estimate of drug-likeness (QED) is 0.407. The van der Waals surface area contributed by atoms with Crippen molar-refractivity contribution in [3.8, 4) is 5.75 Å². The van der Waals surface area contributed by atoms with Gasteiger partial charge in [0.2, 0.25) is 11.8 Å². The Morgan fingerprint density at radius 2 is 1.55 bits per heavy atom. The number of carbonyl (C=O) groups is 3. The summed E-state index contributed by atoms with van der Waals surface area (Å²) < 4.78 is 30.1. The first-order valence-corrected chi connectivity index (χ1v) is 9.91. The Morgan fingerprint density at radius 3 is 2.14 bits per heavy atom. The topological polar surface area (TPSA) is 84.5 Å². The van der Waals surface area contributed by atoms with Gasteiger partial charge in [-0.2, -0.15) is 0 Å². The molecule has 160 valence electrons. The molecule has 1 atom stereocenters. The fraction of sp³-hybridized carbons (Fsp3) is 0.571. The Morgan fingerprint density at radius 1 is 0.966 bits per heavy atom. The van der Waals surface area contributed by atoms with Crippen molar-refractivity contribution in [1.82, 2.24) is 10.6 Å². The number of hydrogen-bond acceptors (Lipinski definition) is 4. The van der Waals surface area contributed by atoms with Crippen molar-refractivity contribution < 1.29 is 27.9 Å². The molecule has 1 heterocycles. The number of urea groups is 1. The van der Waals surface area contributed by atoms with Crippen LogP contribution in [0.1, 0.15) is 50.5 Å². The van der Waals surface area contributed by atoms with E-state index in [1.165, 1.54) is 0 Å². The van der Waals surface area contributed by atoms with E-state index in [2.05, 4.69) is 10.6 Å². The maximum Gasteiger partial charge on any atom is 0.328 e. The largest absolute Gasteiger partial charge is 0.497 e. The average molecular weight is 410 g/mol. The molecule has 0 bridgehead atoms. The van der Waals surface area contributed by atoms with Crippen LogP contribution in [-0.2, 0) is 16.0 Å². The zero-order valence-corrected chi connectivity index (χ0v) is 16.6. The van der Waals surface area contributed by atoms with E-state index in [1.807, 2.05) is 0 Å². The summed E-state index contributed by atoms with van der Waals surface area (Å²) in [7, 11) is 1.55. The zero-order valence-electron chi connectivity index (χ0n) is 16.6. The van der Waals surface area contributed by atoms with Crippen molar-refractivity contribution in [2.24, 2.45) is 5.41 Å². The number of rotatable bonds is 12. The van der Waals surface area contributed by atoms with E-state index in [0.29, 0.717) is 25.0 Å². The lowest BCUT2D eigenvalue weighted by atomic mass is 9.74. The number of amides is 4. The van der Waals surface area contributed by atoms with E-state index in [1.54, 1.807) is 31.4 Å². The minimum absolute atomic E-state index is 0.169. The van der Waals surface area contributed by atoms with Crippen LogP contribution in [0.3, 0.4) is 0 Å². The van der Waals surface area contributed by atoms with Gasteiger partial charge in [0.25, 0.3) is 0 Å². The Bertz CT molecular complexity index is 689. The number of benzene rings is 1. The number of barbiturate groups is 1. The summed E-state index contributed by atoms with van der Waals surface area (Å²) in [5.74, 6) is -0.519. The van der Waals surface area contributed by atoms with Gasteiger partial charge in [-0.05, 0) is 37.0 Å². The Labute approximate surface area is 169 Å². The lowest BCUT2D eigenvalue weighted by Crippen LogP contribution is -2.63. The van der Waals surface area contributed by atoms with Gasteiger partial charge in [0.1, 0.15) is 24.0 Å². The van der Waals surface area contributed by atoms with Crippen molar-refractivity contribution in [1.29, 1.82) is 0 Å². The fourth-order valence-corrected chi connectivity index (χ4v) is 3.55. The Hall–Kier alpha value is -2.51. The number of hydrogen-bond donors (Lipinski definition) is 2. The van der Waals surface area contributed by atoms with Gasteiger partial charge in [0, 0.05) is 0 Å². The summed E-state index contributed by atoms with van der Waals surface area (Å²) in [6, 6.07) is 6.27. The summed E-state index contributed by atoms with van der Waals surface area (Å²) in [4.78, 5) is 36.8. The summed E-state index contributed by atoms with van der Waals surface area (Å²) in [5.41, 5.74) is -0.577. The summed E-state index contributed by atoms with van der Waals surface area (Å²) >= 11 is 0. The first-order valence-electron chi connectivity index (χ1n) is 9.91. The van der Waals surface area contributed by atoms with Gasteiger partial charge in [0.05, 0.1) is 7.11 Å². The van der Waals surface area contributed by atoms with Crippen LogP contribution in [0.5, 0.6) is 5.75 Å². The standard InChI is InChI=1S/C21H28F2N2O4/c1-29-17-10-8-15(9-11-17)13-21(18(26)24-20(28)25-19(21)27)12-6-4-2-3-5-7-16(23)14-22/h8-11,16H,2-7,12-14H2,1H3,(H2,24,25,26,27,28). The van der Waals surface area contributed by atoms with Crippen LogP contribution < -0.4 is 15.4 Å². The SMILES string of the molecule is COc1ccc(CC2(CCCCCCCC(F)CF)C(=O)NC(=O)NC2=O)cc1. The van der Waals surface area contributed by atoms with E-state index >= 15 is 0 Å². The van der Waals surface area contributed by atoms with Crippen molar-refractivity contribution in [3.05, 3.63) is 29.8 Å². The van der Waals surface area contributed by atoms with Crippen LogP contribution in [0.2, 0.25) is 0 Å². The van der Waals surface area contributed by atoms with Gasteiger partial charge >= 0.3 is 6.03 Å². The predicted octanol–water partition coefficient (Wildman–Crippen LogP) is 3.63. The highest BCUT2D eigenvalue weighted by Crippen LogP contribution is 2.33. The molecule has 0 saturated carbocycles. The lowest BCUT2D eigenvalue weighted by Gasteiger charge is -2.34. The summed E-state index contributed by atoms with van der Waals surface area (Å²) in [6.07, 6.45) is 2.82. The van der Waals surface area contributed by atoms with E-state index < -0.39 is 36.1 Å². The number of alkyl halides is 2. The minimum Gasteiger partial charge on any atom is -0.497 e. The minimum atomic E-state index is -1.39. The smallest absolute Gasteiger partial charge is 0.328 e. The lowest BCUT2D eigenvalue weighted by molar-refractivity contribution is -0.145.